The molecule has 0 amide bonds. The predicted octanol–water partition coefficient (Wildman–Crippen LogP) is 1.38. The molecule has 0 aromatic heterocycles. The summed E-state index contributed by atoms with van der Waals surface area (Å²) in [7, 11) is 0. The first-order chi connectivity index (χ1) is 6.91. The monoisotopic (exact) mass is 214 g/mol. The summed E-state index contributed by atoms with van der Waals surface area (Å²) in [6, 6.07) is 0. The first kappa shape index (κ1) is 12.0. The van der Waals surface area contributed by atoms with Crippen molar-refractivity contribution in [2.75, 3.05) is 13.2 Å². The first-order valence-corrected chi connectivity index (χ1v) is 5.21. The van der Waals surface area contributed by atoms with Crippen LogP contribution >= 0.6 is 0 Å². The van der Waals surface area contributed by atoms with Crippen molar-refractivity contribution < 1.29 is 19.1 Å². The largest absolute Gasteiger partial charge is 0.466 e. The fourth-order valence-corrected chi connectivity index (χ4v) is 1.96. The van der Waals surface area contributed by atoms with Crippen molar-refractivity contribution in [1.29, 1.82) is 0 Å². The Morgan fingerprint density at radius 1 is 1.27 bits per heavy atom. The minimum Gasteiger partial charge on any atom is -0.466 e. The van der Waals surface area contributed by atoms with Gasteiger partial charge in [0.15, 0.2) is 0 Å². The topological polar surface area (TPSA) is 52.6 Å². The zero-order valence-electron chi connectivity index (χ0n) is 9.70. The summed E-state index contributed by atoms with van der Waals surface area (Å²) in [6.45, 7) is 7.84. The third kappa shape index (κ3) is 2.49. The minimum absolute atomic E-state index is 0.0976. The van der Waals surface area contributed by atoms with Gasteiger partial charge in [-0.05, 0) is 12.3 Å². The Labute approximate surface area is 89.9 Å². The van der Waals surface area contributed by atoms with E-state index in [1.807, 2.05) is 13.8 Å². The van der Waals surface area contributed by atoms with Crippen molar-refractivity contribution in [3.05, 3.63) is 0 Å². The number of ether oxygens (including phenoxy) is 2. The fraction of sp³-hybridized carbons (Fsp3) is 0.818. The second-order valence-electron chi connectivity index (χ2n) is 4.46. The third-order valence-corrected chi connectivity index (χ3v) is 3.06. The molecular formula is C11H18O4. The van der Waals surface area contributed by atoms with E-state index in [2.05, 4.69) is 0 Å². The summed E-state index contributed by atoms with van der Waals surface area (Å²) in [5.41, 5.74) is -0.109. The van der Waals surface area contributed by atoms with Gasteiger partial charge in [0.05, 0.1) is 19.1 Å². The van der Waals surface area contributed by atoms with E-state index in [0.717, 1.165) is 0 Å². The molecule has 1 aliphatic rings. The van der Waals surface area contributed by atoms with Crippen LogP contribution < -0.4 is 0 Å². The lowest BCUT2D eigenvalue weighted by atomic mass is 10.1. The molecule has 0 saturated heterocycles. The molecule has 1 fully saturated rings. The van der Waals surface area contributed by atoms with Crippen molar-refractivity contribution in [2.24, 2.45) is 17.3 Å². The van der Waals surface area contributed by atoms with Crippen molar-refractivity contribution in [2.45, 2.75) is 27.7 Å². The molecular weight excluding hydrogens is 196 g/mol. The Morgan fingerprint density at radius 2 is 1.87 bits per heavy atom. The van der Waals surface area contributed by atoms with E-state index < -0.39 is 0 Å². The molecule has 0 aliphatic heterocycles. The molecule has 1 rings (SSSR count). The van der Waals surface area contributed by atoms with Crippen molar-refractivity contribution in [1.82, 2.24) is 0 Å². The second-order valence-corrected chi connectivity index (χ2v) is 4.46. The van der Waals surface area contributed by atoms with Gasteiger partial charge in [0, 0.05) is 12.8 Å². The zero-order chi connectivity index (χ0) is 11.6. The zero-order valence-corrected chi connectivity index (χ0v) is 9.70. The summed E-state index contributed by atoms with van der Waals surface area (Å²) in [5.74, 6) is -0.516. The van der Waals surface area contributed by atoms with Gasteiger partial charge in [0.1, 0.15) is 0 Å². The SMILES string of the molecule is CCOC(=O)[C@@H]1[C@@H](COC(C)=O)C1(C)C. The van der Waals surface area contributed by atoms with Crippen molar-refractivity contribution in [3.63, 3.8) is 0 Å². The van der Waals surface area contributed by atoms with Crippen LogP contribution in [-0.4, -0.2) is 25.2 Å². The van der Waals surface area contributed by atoms with Crippen LogP contribution in [0.3, 0.4) is 0 Å². The maximum Gasteiger partial charge on any atom is 0.309 e. The molecule has 2 atom stereocenters. The Hall–Kier alpha value is -1.06. The van der Waals surface area contributed by atoms with Crippen LogP contribution in [0.2, 0.25) is 0 Å². The number of carbonyl (C=O) groups excluding carboxylic acids is 2. The molecule has 0 aromatic rings. The molecule has 0 bridgehead atoms. The predicted molar refractivity (Wildman–Crippen MR) is 54.0 cm³/mol. The van der Waals surface area contributed by atoms with Crippen LogP contribution in [0.1, 0.15) is 27.7 Å². The number of hydrogen-bond acceptors (Lipinski definition) is 4. The molecule has 1 saturated carbocycles. The number of rotatable bonds is 4. The molecule has 1 aliphatic carbocycles. The number of carbonyl (C=O) groups is 2. The highest BCUT2D eigenvalue weighted by atomic mass is 16.5. The van der Waals surface area contributed by atoms with Crippen molar-refractivity contribution >= 4 is 11.9 Å². The maximum atomic E-state index is 11.5. The van der Waals surface area contributed by atoms with Gasteiger partial charge >= 0.3 is 11.9 Å². The molecule has 0 N–H and O–H groups in total. The van der Waals surface area contributed by atoms with Gasteiger partial charge in [0.25, 0.3) is 0 Å². The number of esters is 2. The molecule has 0 aromatic carbocycles. The van der Waals surface area contributed by atoms with E-state index >= 15 is 0 Å². The van der Waals surface area contributed by atoms with Crippen LogP contribution in [0.5, 0.6) is 0 Å². The van der Waals surface area contributed by atoms with Gasteiger partial charge in [-0.25, -0.2) is 0 Å². The summed E-state index contributed by atoms with van der Waals surface area (Å²) >= 11 is 0. The lowest BCUT2D eigenvalue weighted by Gasteiger charge is -2.02. The minimum atomic E-state index is -0.305. The molecule has 4 heteroatoms. The molecule has 4 nitrogen and oxygen atoms in total. The van der Waals surface area contributed by atoms with Gasteiger partial charge in [-0.3, -0.25) is 9.59 Å². The maximum absolute atomic E-state index is 11.5. The van der Waals surface area contributed by atoms with Crippen LogP contribution in [0.15, 0.2) is 0 Å². The molecule has 0 radical (unpaired) electrons. The lowest BCUT2D eigenvalue weighted by molar-refractivity contribution is -0.147. The van der Waals surface area contributed by atoms with E-state index in [-0.39, 0.29) is 29.2 Å². The summed E-state index contributed by atoms with van der Waals surface area (Å²) in [4.78, 5) is 22.2. The average molecular weight is 214 g/mol. The summed E-state index contributed by atoms with van der Waals surface area (Å²) in [6.07, 6.45) is 0. The van der Waals surface area contributed by atoms with Gasteiger partial charge in [-0.2, -0.15) is 0 Å². The van der Waals surface area contributed by atoms with E-state index in [0.29, 0.717) is 13.2 Å². The van der Waals surface area contributed by atoms with Crippen LogP contribution in [0, 0.1) is 17.3 Å². The lowest BCUT2D eigenvalue weighted by Crippen LogP contribution is -2.11. The second kappa shape index (κ2) is 4.21. The van der Waals surface area contributed by atoms with E-state index in [9.17, 15) is 9.59 Å². The van der Waals surface area contributed by atoms with Gasteiger partial charge in [-0.1, -0.05) is 13.8 Å². The highest BCUT2D eigenvalue weighted by molar-refractivity contribution is 5.77. The molecule has 86 valence electrons. The highest BCUT2D eigenvalue weighted by Crippen LogP contribution is 2.58. The van der Waals surface area contributed by atoms with Crippen molar-refractivity contribution in [3.8, 4) is 0 Å². The van der Waals surface area contributed by atoms with E-state index in [1.54, 1.807) is 6.92 Å². The molecule has 0 heterocycles. The van der Waals surface area contributed by atoms with Crippen LogP contribution in [0.4, 0.5) is 0 Å². The standard InChI is InChI=1S/C11H18O4/c1-5-14-10(13)9-8(11(9,3)4)6-15-7(2)12/h8-9H,5-6H2,1-4H3/t8-,9+/m1/s1. The van der Waals surface area contributed by atoms with Crippen LogP contribution in [0.25, 0.3) is 0 Å². The molecule has 15 heavy (non-hydrogen) atoms. The first-order valence-electron chi connectivity index (χ1n) is 5.21. The third-order valence-electron chi connectivity index (χ3n) is 3.06. The van der Waals surface area contributed by atoms with E-state index in [1.165, 1.54) is 6.92 Å². The number of hydrogen-bond donors (Lipinski definition) is 0. The summed E-state index contributed by atoms with van der Waals surface area (Å²) in [5, 5.41) is 0. The summed E-state index contributed by atoms with van der Waals surface area (Å²) < 4.78 is 9.87. The Morgan fingerprint density at radius 3 is 2.33 bits per heavy atom. The Kier molecular flexibility index (Phi) is 3.37. The van der Waals surface area contributed by atoms with Gasteiger partial charge < -0.3 is 9.47 Å². The van der Waals surface area contributed by atoms with E-state index in [4.69, 9.17) is 9.47 Å². The highest BCUT2D eigenvalue weighted by Gasteiger charge is 2.63. The average Bonchev–Trinajstić information content (AvgIpc) is 2.65. The smallest absolute Gasteiger partial charge is 0.309 e. The molecule has 0 unspecified atom stereocenters. The Bertz CT molecular complexity index is 270. The normalized spacial score (nSPS) is 26.9. The van der Waals surface area contributed by atoms with Gasteiger partial charge in [0.2, 0.25) is 0 Å². The van der Waals surface area contributed by atoms with Gasteiger partial charge in [-0.15, -0.1) is 0 Å². The fourth-order valence-electron chi connectivity index (χ4n) is 1.96. The van der Waals surface area contributed by atoms with Crippen LogP contribution in [-0.2, 0) is 19.1 Å². The Balaban J connectivity index is 2.47. The molecule has 0 spiro atoms. The quantitative estimate of drug-likeness (QED) is 0.663.